The summed E-state index contributed by atoms with van der Waals surface area (Å²) in [6.45, 7) is 0. The fourth-order valence-electron chi connectivity index (χ4n) is 1.03. The standard InChI is InChI=1S/C9H11NO4S/c1-10(12)9(11)7-3-5-8(6-4-7)15(2,13)14/h3-6,12H,1-2H3. The molecule has 0 atom stereocenters. The van der Waals surface area contributed by atoms with Gasteiger partial charge in [0.1, 0.15) is 0 Å². The minimum Gasteiger partial charge on any atom is -0.286 e. The number of benzene rings is 1. The van der Waals surface area contributed by atoms with E-state index < -0.39 is 15.7 Å². The first kappa shape index (κ1) is 11.7. The normalized spacial score (nSPS) is 11.1. The Morgan fingerprint density at radius 3 is 2.07 bits per heavy atom. The van der Waals surface area contributed by atoms with E-state index in [1.165, 1.54) is 31.3 Å². The lowest BCUT2D eigenvalue weighted by Crippen LogP contribution is -2.22. The molecule has 0 saturated heterocycles. The van der Waals surface area contributed by atoms with Gasteiger partial charge in [-0.05, 0) is 24.3 Å². The first-order valence-electron chi connectivity index (χ1n) is 4.09. The second-order valence-corrected chi connectivity index (χ2v) is 5.14. The zero-order valence-electron chi connectivity index (χ0n) is 8.34. The number of nitrogens with zero attached hydrogens (tertiary/aromatic N) is 1. The summed E-state index contributed by atoms with van der Waals surface area (Å²) in [4.78, 5) is 11.4. The topological polar surface area (TPSA) is 74.7 Å². The molecule has 15 heavy (non-hydrogen) atoms. The quantitative estimate of drug-likeness (QED) is 0.593. The molecule has 0 spiro atoms. The van der Waals surface area contributed by atoms with Gasteiger partial charge in [0.25, 0.3) is 5.91 Å². The number of hydroxylamine groups is 2. The number of sulfone groups is 1. The zero-order valence-corrected chi connectivity index (χ0v) is 9.15. The van der Waals surface area contributed by atoms with E-state index >= 15 is 0 Å². The summed E-state index contributed by atoms with van der Waals surface area (Å²) in [7, 11) is -2.05. The Balaban J connectivity index is 3.06. The lowest BCUT2D eigenvalue weighted by atomic mass is 10.2. The van der Waals surface area contributed by atoms with Gasteiger partial charge in [-0.3, -0.25) is 10.0 Å². The monoisotopic (exact) mass is 229 g/mol. The molecule has 1 N–H and O–H groups in total. The maximum absolute atomic E-state index is 11.2. The van der Waals surface area contributed by atoms with Gasteiger partial charge < -0.3 is 0 Å². The maximum atomic E-state index is 11.2. The smallest absolute Gasteiger partial charge is 0.276 e. The predicted octanol–water partition coefficient (Wildman–Crippen LogP) is 0.551. The highest BCUT2D eigenvalue weighted by Gasteiger charge is 2.11. The Labute approximate surface area is 87.8 Å². The van der Waals surface area contributed by atoms with Crippen LogP contribution in [0.3, 0.4) is 0 Å². The molecule has 0 radical (unpaired) electrons. The van der Waals surface area contributed by atoms with Crippen molar-refractivity contribution in [2.75, 3.05) is 13.3 Å². The molecule has 1 aromatic rings. The minimum absolute atomic E-state index is 0.139. The summed E-state index contributed by atoms with van der Waals surface area (Å²) < 4.78 is 22.2. The largest absolute Gasteiger partial charge is 0.286 e. The van der Waals surface area contributed by atoms with Crippen molar-refractivity contribution in [2.24, 2.45) is 0 Å². The van der Waals surface area contributed by atoms with Crippen LogP contribution in [-0.2, 0) is 9.84 Å². The Hall–Kier alpha value is -1.40. The number of amides is 1. The minimum atomic E-state index is -3.25. The summed E-state index contributed by atoms with van der Waals surface area (Å²) in [5.41, 5.74) is 0.229. The second kappa shape index (κ2) is 4.00. The van der Waals surface area contributed by atoms with Crippen LogP contribution in [0.5, 0.6) is 0 Å². The number of rotatable bonds is 2. The Morgan fingerprint density at radius 1 is 1.27 bits per heavy atom. The van der Waals surface area contributed by atoms with Crippen molar-refractivity contribution in [1.82, 2.24) is 5.06 Å². The average molecular weight is 229 g/mol. The molecule has 0 heterocycles. The molecular weight excluding hydrogens is 218 g/mol. The summed E-state index contributed by atoms with van der Waals surface area (Å²) in [6.07, 6.45) is 1.09. The zero-order chi connectivity index (χ0) is 11.6. The Bertz CT molecular complexity index is 461. The van der Waals surface area contributed by atoms with Gasteiger partial charge in [-0.15, -0.1) is 0 Å². The van der Waals surface area contributed by atoms with Crippen LogP contribution in [0.4, 0.5) is 0 Å². The molecule has 0 aliphatic rings. The van der Waals surface area contributed by atoms with Crippen molar-refractivity contribution in [3.8, 4) is 0 Å². The number of hydrogen-bond donors (Lipinski definition) is 1. The molecule has 1 rings (SSSR count). The van der Waals surface area contributed by atoms with Crippen molar-refractivity contribution < 1.29 is 18.4 Å². The van der Waals surface area contributed by atoms with Crippen LogP contribution in [0.15, 0.2) is 29.2 Å². The van der Waals surface area contributed by atoms with Crippen LogP contribution < -0.4 is 0 Å². The highest BCUT2D eigenvalue weighted by molar-refractivity contribution is 7.90. The number of carbonyl (C=O) groups is 1. The van der Waals surface area contributed by atoms with Crippen LogP contribution in [0.25, 0.3) is 0 Å². The van der Waals surface area contributed by atoms with Crippen molar-refractivity contribution in [2.45, 2.75) is 4.90 Å². The van der Waals surface area contributed by atoms with E-state index in [0.717, 1.165) is 6.26 Å². The van der Waals surface area contributed by atoms with Crippen LogP contribution in [0.1, 0.15) is 10.4 Å². The molecule has 0 fully saturated rings. The third kappa shape index (κ3) is 2.77. The van der Waals surface area contributed by atoms with E-state index in [9.17, 15) is 13.2 Å². The van der Waals surface area contributed by atoms with Gasteiger partial charge in [0.05, 0.1) is 4.90 Å². The molecule has 0 aromatic heterocycles. The Morgan fingerprint density at radius 2 is 1.73 bits per heavy atom. The SMILES string of the molecule is CN(O)C(=O)c1ccc(S(C)(=O)=O)cc1. The van der Waals surface area contributed by atoms with E-state index in [4.69, 9.17) is 5.21 Å². The molecule has 6 heteroatoms. The predicted molar refractivity (Wildman–Crippen MR) is 53.4 cm³/mol. The molecular formula is C9H11NO4S. The van der Waals surface area contributed by atoms with Gasteiger partial charge in [0, 0.05) is 18.9 Å². The number of hydrogen-bond acceptors (Lipinski definition) is 4. The highest BCUT2D eigenvalue weighted by Crippen LogP contribution is 2.11. The first-order chi connectivity index (χ1) is 6.82. The molecule has 0 aliphatic heterocycles. The lowest BCUT2D eigenvalue weighted by Gasteiger charge is -2.08. The van der Waals surface area contributed by atoms with Gasteiger partial charge >= 0.3 is 0 Å². The van der Waals surface area contributed by atoms with Gasteiger partial charge in [-0.25, -0.2) is 13.5 Å². The molecule has 0 unspecified atom stereocenters. The lowest BCUT2D eigenvalue weighted by molar-refractivity contribution is -0.0374. The van der Waals surface area contributed by atoms with Crippen molar-refractivity contribution >= 4 is 15.7 Å². The van der Waals surface area contributed by atoms with Gasteiger partial charge in [-0.2, -0.15) is 0 Å². The van der Waals surface area contributed by atoms with Crippen LogP contribution in [0.2, 0.25) is 0 Å². The van der Waals surface area contributed by atoms with Crippen LogP contribution >= 0.6 is 0 Å². The van der Waals surface area contributed by atoms with Gasteiger partial charge in [-0.1, -0.05) is 0 Å². The fourth-order valence-corrected chi connectivity index (χ4v) is 1.66. The summed E-state index contributed by atoms with van der Waals surface area (Å²) in [5, 5.41) is 9.31. The van der Waals surface area contributed by atoms with Gasteiger partial charge in [0.2, 0.25) is 0 Å². The van der Waals surface area contributed by atoms with Crippen molar-refractivity contribution in [1.29, 1.82) is 0 Å². The maximum Gasteiger partial charge on any atom is 0.276 e. The molecule has 5 nitrogen and oxygen atoms in total. The van der Waals surface area contributed by atoms with Crippen molar-refractivity contribution in [3.63, 3.8) is 0 Å². The molecule has 1 amide bonds. The summed E-state index contributed by atoms with van der Waals surface area (Å²) >= 11 is 0. The fraction of sp³-hybridized carbons (Fsp3) is 0.222. The summed E-state index contributed by atoms with van der Waals surface area (Å²) in [5.74, 6) is -0.588. The van der Waals surface area contributed by atoms with Gasteiger partial charge in [0.15, 0.2) is 9.84 Å². The molecule has 0 saturated carbocycles. The van der Waals surface area contributed by atoms with E-state index in [-0.39, 0.29) is 10.5 Å². The summed E-state index contributed by atoms with van der Waals surface area (Å²) in [6, 6.07) is 5.36. The average Bonchev–Trinajstić information content (AvgIpc) is 2.15. The van der Waals surface area contributed by atoms with E-state index in [1.54, 1.807) is 0 Å². The third-order valence-corrected chi connectivity index (χ3v) is 2.95. The van der Waals surface area contributed by atoms with Crippen molar-refractivity contribution in [3.05, 3.63) is 29.8 Å². The van der Waals surface area contributed by atoms with E-state index in [2.05, 4.69) is 0 Å². The van der Waals surface area contributed by atoms with E-state index in [0.29, 0.717) is 5.06 Å². The highest BCUT2D eigenvalue weighted by atomic mass is 32.2. The number of carbonyl (C=O) groups excluding carboxylic acids is 1. The van der Waals surface area contributed by atoms with Crippen LogP contribution in [0, 0.1) is 0 Å². The van der Waals surface area contributed by atoms with E-state index in [1.807, 2.05) is 0 Å². The Kier molecular flexibility index (Phi) is 3.11. The first-order valence-corrected chi connectivity index (χ1v) is 5.98. The molecule has 0 bridgehead atoms. The third-order valence-electron chi connectivity index (χ3n) is 1.82. The van der Waals surface area contributed by atoms with Crippen LogP contribution in [-0.4, -0.2) is 37.9 Å². The molecule has 1 aromatic carbocycles. The molecule has 0 aliphatic carbocycles. The molecule has 82 valence electrons. The second-order valence-electron chi connectivity index (χ2n) is 3.13.